The van der Waals surface area contributed by atoms with E-state index in [4.69, 9.17) is 11.6 Å². The number of hydrogen-bond acceptors (Lipinski definition) is 3. The van der Waals surface area contributed by atoms with Gasteiger partial charge in [0.15, 0.2) is 0 Å². The lowest BCUT2D eigenvalue weighted by Gasteiger charge is -2.23. The van der Waals surface area contributed by atoms with Gasteiger partial charge in [0.2, 0.25) is 0 Å². The van der Waals surface area contributed by atoms with Crippen LogP contribution in [0.5, 0.6) is 0 Å². The quantitative estimate of drug-likeness (QED) is 0.449. The molecule has 0 spiro atoms. The van der Waals surface area contributed by atoms with E-state index in [0.717, 1.165) is 10.6 Å². The van der Waals surface area contributed by atoms with Gasteiger partial charge in [0.25, 0.3) is 0 Å². The van der Waals surface area contributed by atoms with Crippen LogP contribution in [0.4, 0.5) is 5.00 Å². The van der Waals surface area contributed by atoms with Crippen LogP contribution >= 0.6 is 22.9 Å². The fraction of sp³-hybridized carbons (Fsp3) is 0.286. The van der Waals surface area contributed by atoms with Crippen molar-refractivity contribution in [2.24, 2.45) is 4.99 Å². The van der Waals surface area contributed by atoms with Gasteiger partial charge in [0.05, 0.1) is 6.34 Å². The molecule has 2 rings (SSSR count). The maximum Gasteiger partial charge on any atom is 0.133 e. The van der Waals surface area contributed by atoms with Crippen LogP contribution in [0.3, 0.4) is 0 Å². The summed E-state index contributed by atoms with van der Waals surface area (Å²) in [5.74, 6) is 0. The Morgan fingerprint density at radius 1 is 1.73 bits per heavy atom. The van der Waals surface area contributed by atoms with Gasteiger partial charge in [0, 0.05) is 12.6 Å². The van der Waals surface area contributed by atoms with Crippen LogP contribution in [0.2, 0.25) is 0 Å². The monoisotopic (exact) mass is 186 g/mol. The Morgan fingerprint density at radius 3 is 3.36 bits per heavy atom. The van der Waals surface area contributed by atoms with Gasteiger partial charge in [-0.25, -0.2) is 4.99 Å². The molecule has 0 radical (unpaired) electrons. The molecule has 0 bridgehead atoms. The average Bonchev–Trinajstić information content (AvgIpc) is 2.45. The second kappa shape index (κ2) is 2.50. The van der Waals surface area contributed by atoms with E-state index < -0.39 is 0 Å². The molecule has 4 heteroatoms. The Morgan fingerprint density at radius 2 is 2.55 bits per heavy atom. The largest absolute Gasteiger partial charge is 0.345 e. The van der Waals surface area contributed by atoms with E-state index in [1.165, 1.54) is 0 Å². The van der Waals surface area contributed by atoms with Crippen LogP contribution in [0.25, 0.3) is 0 Å². The second-order valence-electron chi connectivity index (χ2n) is 2.43. The summed E-state index contributed by atoms with van der Waals surface area (Å²) in [5.41, 5.74) is 1.07. The van der Waals surface area contributed by atoms with Crippen LogP contribution in [-0.4, -0.2) is 18.3 Å². The highest BCUT2D eigenvalue weighted by atomic mass is 35.5. The molecule has 58 valence electrons. The third kappa shape index (κ3) is 1.04. The van der Waals surface area contributed by atoms with E-state index in [0.29, 0.717) is 0 Å². The minimum atomic E-state index is -0.0475. The van der Waals surface area contributed by atoms with Crippen molar-refractivity contribution in [3.8, 4) is 0 Å². The summed E-state index contributed by atoms with van der Waals surface area (Å²) in [7, 11) is 1.92. The fourth-order valence-electron chi connectivity index (χ4n) is 1.02. The van der Waals surface area contributed by atoms with Crippen molar-refractivity contribution in [1.82, 2.24) is 4.90 Å². The Labute approximate surface area is 74.1 Å². The molecular weight excluding hydrogens is 180 g/mol. The first-order chi connectivity index (χ1) is 5.29. The van der Waals surface area contributed by atoms with Crippen LogP contribution in [0.15, 0.2) is 16.4 Å². The van der Waals surface area contributed by atoms with Gasteiger partial charge in [-0.05, 0) is 11.4 Å². The molecule has 0 saturated carbocycles. The van der Waals surface area contributed by atoms with Crippen LogP contribution in [0, 0.1) is 0 Å². The van der Waals surface area contributed by atoms with Crippen LogP contribution < -0.4 is 0 Å². The summed E-state index contributed by atoms with van der Waals surface area (Å²) < 4.78 is 0. The summed E-state index contributed by atoms with van der Waals surface area (Å²) in [4.78, 5) is 6.10. The topological polar surface area (TPSA) is 15.6 Å². The van der Waals surface area contributed by atoms with Crippen molar-refractivity contribution in [3.63, 3.8) is 0 Å². The SMILES string of the molecule is CN1C=Nc2sccc2C1Cl. The average molecular weight is 187 g/mol. The van der Waals surface area contributed by atoms with Crippen molar-refractivity contribution in [1.29, 1.82) is 0 Å². The summed E-state index contributed by atoms with van der Waals surface area (Å²) in [6, 6.07) is 2.02. The maximum atomic E-state index is 6.08. The Hall–Kier alpha value is -0.540. The first-order valence-corrected chi connectivity index (χ1v) is 4.58. The van der Waals surface area contributed by atoms with E-state index in [1.54, 1.807) is 17.7 Å². The van der Waals surface area contributed by atoms with E-state index in [2.05, 4.69) is 4.99 Å². The fourth-order valence-corrected chi connectivity index (χ4v) is 2.08. The predicted octanol–water partition coefficient (Wildman–Crippen LogP) is 2.59. The zero-order valence-electron chi connectivity index (χ0n) is 5.99. The molecule has 1 aliphatic rings. The molecule has 0 aromatic carbocycles. The molecule has 1 aliphatic heterocycles. The van der Waals surface area contributed by atoms with Gasteiger partial charge in [0.1, 0.15) is 10.5 Å². The summed E-state index contributed by atoms with van der Waals surface area (Å²) in [6.07, 6.45) is 1.76. The molecule has 0 N–H and O–H groups in total. The number of aliphatic imine (C=N–C) groups is 1. The van der Waals surface area contributed by atoms with Gasteiger partial charge >= 0.3 is 0 Å². The highest BCUT2D eigenvalue weighted by Crippen LogP contribution is 2.38. The van der Waals surface area contributed by atoms with Gasteiger partial charge in [-0.2, -0.15) is 0 Å². The van der Waals surface area contributed by atoms with E-state index >= 15 is 0 Å². The Balaban J connectivity index is 2.48. The van der Waals surface area contributed by atoms with Gasteiger partial charge in [-0.1, -0.05) is 11.6 Å². The minimum absolute atomic E-state index is 0.0475. The molecule has 1 atom stereocenters. The number of thiophene rings is 1. The molecule has 11 heavy (non-hydrogen) atoms. The van der Waals surface area contributed by atoms with Crippen molar-refractivity contribution >= 4 is 34.3 Å². The van der Waals surface area contributed by atoms with Gasteiger partial charge < -0.3 is 4.90 Å². The Bertz CT molecular complexity index is 294. The lowest BCUT2D eigenvalue weighted by Crippen LogP contribution is -2.20. The predicted molar refractivity (Wildman–Crippen MR) is 48.8 cm³/mol. The maximum absolute atomic E-state index is 6.08. The van der Waals surface area contributed by atoms with Crippen molar-refractivity contribution in [2.75, 3.05) is 7.05 Å². The number of alkyl halides is 1. The first-order valence-electron chi connectivity index (χ1n) is 3.26. The van der Waals surface area contributed by atoms with E-state index in [9.17, 15) is 0 Å². The molecule has 0 saturated heterocycles. The normalized spacial score (nSPS) is 22.0. The molecule has 0 fully saturated rings. The van der Waals surface area contributed by atoms with Crippen molar-refractivity contribution < 1.29 is 0 Å². The molecule has 0 aliphatic carbocycles. The third-order valence-electron chi connectivity index (χ3n) is 1.65. The van der Waals surface area contributed by atoms with Crippen LogP contribution in [0.1, 0.15) is 11.1 Å². The summed E-state index contributed by atoms with van der Waals surface area (Å²) in [5, 5.41) is 3.04. The van der Waals surface area contributed by atoms with E-state index in [-0.39, 0.29) is 5.50 Å². The number of fused-ring (bicyclic) bond motifs is 1. The lowest BCUT2D eigenvalue weighted by atomic mass is 10.3. The number of hydrogen-bond donors (Lipinski definition) is 0. The van der Waals surface area contributed by atoms with Gasteiger partial charge in [-0.3, -0.25) is 0 Å². The molecule has 2 heterocycles. The molecular formula is C7H7ClN2S. The highest BCUT2D eigenvalue weighted by molar-refractivity contribution is 7.14. The lowest BCUT2D eigenvalue weighted by molar-refractivity contribution is 0.489. The molecule has 1 aromatic rings. The van der Waals surface area contributed by atoms with Crippen molar-refractivity contribution in [3.05, 3.63) is 17.0 Å². The highest BCUT2D eigenvalue weighted by Gasteiger charge is 2.19. The molecule has 0 amide bonds. The smallest absolute Gasteiger partial charge is 0.133 e. The number of halogens is 1. The summed E-state index contributed by atoms with van der Waals surface area (Å²) in [6.45, 7) is 0. The van der Waals surface area contributed by atoms with E-state index in [1.807, 2.05) is 23.4 Å². The standard InChI is InChI=1S/C7H7ClN2S/c1-10-4-9-7-5(6(10)8)2-3-11-7/h2-4,6H,1H3. The molecule has 1 unspecified atom stereocenters. The minimum Gasteiger partial charge on any atom is -0.345 e. The summed E-state index contributed by atoms with van der Waals surface area (Å²) >= 11 is 7.70. The van der Waals surface area contributed by atoms with Gasteiger partial charge in [-0.15, -0.1) is 11.3 Å². The number of nitrogens with zero attached hydrogens (tertiary/aromatic N) is 2. The zero-order chi connectivity index (χ0) is 7.84. The third-order valence-corrected chi connectivity index (χ3v) is 3.03. The second-order valence-corrected chi connectivity index (χ2v) is 3.73. The Kier molecular flexibility index (Phi) is 1.62. The molecule has 2 nitrogen and oxygen atoms in total. The first kappa shape index (κ1) is 7.13. The number of rotatable bonds is 0. The van der Waals surface area contributed by atoms with Crippen molar-refractivity contribution in [2.45, 2.75) is 5.50 Å². The molecule has 1 aromatic heterocycles. The van der Waals surface area contributed by atoms with Crippen LogP contribution in [-0.2, 0) is 0 Å². The zero-order valence-corrected chi connectivity index (χ0v) is 7.56.